The number of amides is 2. The minimum Gasteiger partial charge on any atom is -0.352 e. The summed E-state index contributed by atoms with van der Waals surface area (Å²) in [5, 5.41) is 3.32. The Labute approximate surface area is 125 Å². The molecule has 1 aromatic rings. The average molecular weight is 297 g/mol. The molecule has 5 heteroatoms. The van der Waals surface area contributed by atoms with Crippen molar-refractivity contribution >= 4 is 23.4 Å². The third-order valence-electron chi connectivity index (χ3n) is 3.02. The normalized spacial score (nSPS) is 10.2. The van der Waals surface area contributed by atoms with Crippen molar-refractivity contribution in [2.24, 2.45) is 0 Å². The van der Waals surface area contributed by atoms with E-state index in [1.807, 2.05) is 18.2 Å². The number of hydrogen-bond acceptors (Lipinski definition) is 2. The second kappa shape index (κ2) is 8.59. The fourth-order valence-corrected chi connectivity index (χ4v) is 1.89. The number of carbonyl (C=O) groups is 2. The first-order chi connectivity index (χ1) is 9.54. The summed E-state index contributed by atoms with van der Waals surface area (Å²) in [6.45, 7) is 3.09. The van der Waals surface area contributed by atoms with Gasteiger partial charge in [-0.1, -0.05) is 43.1 Å². The van der Waals surface area contributed by atoms with Crippen molar-refractivity contribution in [1.29, 1.82) is 0 Å². The molecule has 0 bridgehead atoms. The molecular formula is C15H21ClN2O2. The molecule has 20 heavy (non-hydrogen) atoms. The maximum atomic E-state index is 11.8. The van der Waals surface area contributed by atoms with Gasteiger partial charge in [0.1, 0.15) is 6.42 Å². The van der Waals surface area contributed by atoms with E-state index in [0.29, 0.717) is 18.1 Å². The van der Waals surface area contributed by atoms with E-state index < -0.39 is 0 Å². The summed E-state index contributed by atoms with van der Waals surface area (Å²) < 4.78 is 0. The van der Waals surface area contributed by atoms with Gasteiger partial charge in [0, 0.05) is 25.2 Å². The van der Waals surface area contributed by atoms with E-state index >= 15 is 0 Å². The van der Waals surface area contributed by atoms with Crippen LogP contribution >= 0.6 is 11.6 Å². The van der Waals surface area contributed by atoms with Crippen molar-refractivity contribution in [3.05, 3.63) is 34.9 Å². The van der Waals surface area contributed by atoms with Gasteiger partial charge in [0.05, 0.1) is 0 Å². The zero-order chi connectivity index (χ0) is 15.0. The van der Waals surface area contributed by atoms with Crippen molar-refractivity contribution < 1.29 is 9.59 Å². The van der Waals surface area contributed by atoms with Gasteiger partial charge in [0.15, 0.2) is 0 Å². The number of unbranched alkanes of at least 4 members (excludes halogenated alkanes) is 1. The molecule has 0 radical (unpaired) electrons. The number of hydrogen-bond donors (Lipinski definition) is 1. The zero-order valence-electron chi connectivity index (χ0n) is 12.0. The molecule has 0 heterocycles. The van der Waals surface area contributed by atoms with E-state index in [1.165, 1.54) is 0 Å². The molecular weight excluding hydrogens is 276 g/mol. The van der Waals surface area contributed by atoms with Crippen molar-refractivity contribution in [3.8, 4) is 0 Å². The van der Waals surface area contributed by atoms with Crippen LogP contribution in [0, 0.1) is 0 Å². The topological polar surface area (TPSA) is 49.4 Å². The number of halogens is 1. The summed E-state index contributed by atoms with van der Waals surface area (Å²) >= 11 is 5.99. The molecule has 0 aliphatic heterocycles. The lowest BCUT2D eigenvalue weighted by Crippen LogP contribution is -2.33. The maximum Gasteiger partial charge on any atom is 0.231 e. The largest absolute Gasteiger partial charge is 0.352 e. The quantitative estimate of drug-likeness (QED) is 0.786. The Kier molecular flexibility index (Phi) is 7.09. The van der Waals surface area contributed by atoms with Gasteiger partial charge in [0.25, 0.3) is 0 Å². The summed E-state index contributed by atoms with van der Waals surface area (Å²) in [6, 6.07) is 7.31. The molecule has 1 rings (SSSR count). The molecule has 0 fully saturated rings. The van der Waals surface area contributed by atoms with E-state index in [0.717, 1.165) is 18.4 Å². The number of nitrogens with zero attached hydrogens (tertiary/aromatic N) is 1. The van der Waals surface area contributed by atoms with Gasteiger partial charge < -0.3 is 10.2 Å². The lowest BCUT2D eigenvalue weighted by atomic mass is 10.2. The maximum absolute atomic E-state index is 11.8. The molecule has 0 atom stereocenters. The van der Waals surface area contributed by atoms with Crippen LogP contribution in [0.1, 0.15) is 31.7 Å². The number of rotatable bonds is 7. The summed E-state index contributed by atoms with van der Waals surface area (Å²) in [5.74, 6) is -0.437. The van der Waals surface area contributed by atoms with Gasteiger partial charge in [-0.15, -0.1) is 0 Å². The summed E-state index contributed by atoms with van der Waals surface area (Å²) in [4.78, 5) is 25.1. The van der Waals surface area contributed by atoms with Gasteiger partial charge >= 0.3 is 0 Å². The van der Waals surface area contributed by atoms with E-state index in [1.54, 1.807) is 18.0 Å². The minimum absolute atomic E-state index is 0.120. The lowest BCUT2D eigenvalue weighted by molar-refractivity contribution is -0.135. The fourth-order valence-electron chi connectivity index (χ4n) is 1.69. The Morgan fingerprint density at radius 3 is 2.65 bits per heavy atom. The highest BCUT2D eigenvalue weighted by molar-refractivity contribution is 6.31. The second-order valence-corrected chi connectivity index (χ2v) is 5.12. The van der Waals surface area contributed by atoms with Crippen LogP contribution in [0.25, 0.3) is 0 Å². The molecule has 0 aliphatic carbocycles. The Bertz CT molecular complexity index is 463. The molecule has 1 N–H and O–H groups in total. The first-order valence-corrected chi connectivity index (χ1v) is 7.16. The van der Waals surface area contributed by atoms with Crippen LogP contribution in [0.15, 0.2) is 24.3 Å². The molecule has 110 valence electrons. The van der Waals surface area contributed by atoms with Crippen LogP contribution in [-0.2, 0) is 16.1 Å². The molecule has 1 aromatic carbocycles. The standard InChI is InChI=1S/C15H21ClN2O2/c1-3-4-9-18(2)15(20)10-14(19)17-11-12-7-5-6-8-13(12)16/h5-8H,3-4,9-11H2,1-2H3,(H,17,19). The first-order valence-electron chi connectivity index (χ1n) is 6.78. The monoisotopic (exact) mass is 296 g/mol. The van der Waals surface area contributed by atoms with Crippen LogP contribution in [0.4, 0.5) is 0 Å². The number of benzene rings is 1. The highest BCUT2D eigenvalue weighted by Gasteiger charge is 2.13. The van der Waals surface area contributed by atoms with E-state index in [4.69, 9.17) is 11.6 Å². The van der Waals surface area contributed by atoms with Crippen molar-refractivity contribution in [1.82, 2.24) is 10.2 Å². The lowest BCUT2D eigenvalue weighted by Gasteiger charge is -2.16. The molecule has 2 amide bonds. The van der Waals surface area contributed by atoms with E-state index in [-0.39, 0.29) is 18.2 Å². The third-order valence-corrected chi connectivity index (χ3v) is 3.39. The Hall–Kier alpha value is -1.55. The Morgan fingerprint density at radius 1 is 1.30 bits per heavy atom. The number of nitrogens with one attached hydrogen (secondary N) is 1. The van der Waals surface area contributed by atoms with Crippen LogP contribution in [-0.4, -0.2) is 30.3 Å². The van der Waals surface area contributed by atoms with E-state index in [2.05, 4.69) is 12.2 Å². The SMILES string of the molecule is CCCCN(C)C(=O)CC(=O)NCc1ccccc1Cl. The summed E-state index contributed by atoms with van der Waals surface area (Å²) in [7, 11) is 1.72. The van der Waals surface area contributed by atoms with Gasteiger partial charge in [-0.2, -0.15) is 0 Å². The van der Waals surface area contributed by atoms with Crippen molar-refractivity contribution in [3.63, 3.8) is 0 Å². The van der Waals surface area contributed by atoms with E-state index in [9.17, 15) is 9.59 Å². The minimum atomic E-state index is -0.279. The Balaban J connectivity index is 2.37. The molecule has 0 spiro atoms. The molecule has 0 saturated heterocycles. The molecule has 0 unspecified atom stereocenters. The van der Waals surface area contributed by atoms with Gasteiger partial charge in [-0.3, -0.25) is 9.59 Å². The Morgan fingerprint density at radius 2 is 2.00 bits per heavy atom. The predicted octanol–water partition coefficient (Wildman–Crippen LogP) is 2.60. The molecule has 0 aromatic heterocycles. The highest BCUT2D eigenvalue weighted by atomic mass is 35.5. The smallest absolute Gasteiger partial charge is 0.231 e. The predicted molar refractivity (Wildman–Crippen MR) is 80.5 cm³/mol. The fraction of sp³-hybridized carbons (Fsp3) is 0.467. The molecule has 4 nitrogen and oxygen atoms in total. The van der Waals surface area contributed by atoms with Crippen LogP contribution in [0.5, 0.6) is 0 Å². The summed E-state index contributed by atoms with van der Waals surface area (Å²) in [5.41, 5.74) is 0.842. The molecule has 0 aliphatic rings. The van der Waals surface area contributed by atoms with Crippen molar-refractivity contribution in [2.75, 3.05) is 13.6 Å². The van der Waals surface area contributed by atoms with Gasteiger partial charge in [-0.25, -0.2) is 0 Å². The zero-order valence-corrected chi connectivity index (χ0v) is 12.7. The van der Waals surface area contributed by atoms with Gasteiger partial charge in [0.2, 0.25) is 11.8 Å². The first kappa shape index (κ1) is 16.5. The third kappa shape index (κ3) is 5.61. The molecule has 0 saturated carbocycles. The highest BCUT2D eigenvalue weighted by Crippen LogP contribution is 2.14. The second-order valence-electron chi connectivity index (χ2n) is 4.71. The summed E-state index contributed by atoms with van der Waals surface area (Å²) in [6.07, 6.45) is 1.85. The van der Waals surface area contributed by atoms with Crippen molar-refractivity contribution in [2.45, 2.75) is 32.7 Å². The van der Waals surface area contributed by atoms with Crippen LogP contribution < -0.4 is 5.32 Å². The average Bonchev–Trinajstić information content (AvgIpc) is 2.43. The van der Waals surface area contributed by atoms with Gasteiger partial charge in [-0.05, 0) is 18.1 Å². The number of carbonyl (C=O) groups excluding carboxylic acids is 2. The van der Waals surface area contributed by atoms with Crippen LogP contribution in [0.3, 0.4) is 0 Å². The van der Waals surface area contributed by atoms with Crippen LogP contribution in [0.2, 0.25) is 5.02 Å².